The van der Waals surface area contributed by atoms with Gasteiger partial charge in [-0.3, -0.25) is 0 Å². The van der Waals surface area contributed by atoms with E-state index in [1.807, 2.05) is 6.07 Å². The number of hydrogen-bond donors (Lipinski definition) is 1. The van der Waals surface area contributed by atoms with Gasteiger partial charge < -0.3 is 5.73 Å². The van der Waals surface area contributed by atoms with Crippen molar-refractivity contribution >= 4 is 11.8 Å². The summed E-state index contributed by atoms with van der Waals surface area (Å²) < 4.78 is 0. The van der Waals surface area contributed by atoms with Crippen LogP contribution in [0.25, 0.3) is 0 Å². The van der Waals surface area contributed by atoms with Crippen LogP contribution in [0.15, 0.2) is 41.4 Å². The van der Waals surface area contributed by atoms with Gasteiger partial charge in [0.15, 0.2) is 0 Å². The second-order valence-corrected chi connectivity index (χ2v) is 4.82. The summed E-state index contributed by atoms with van der Waals surface area (Å²) >= 11 is 1.74. The summed E-state index contributed by atoms with van der Waals surface area (Å²) in [5.74, 6) is 1.61. The van der Waals surface area contributed by atoms with Gasteiger partial charge in [-0.25, -0.2) is 9.97 Å². The van der Waals surface area contributed by atoms with Gasteiger partial charge in [0.05, 0.1) is 11.4 Å². The highest BCUT2D eigenvalue weighted by atomic mass is 32.2. The minimum absolute atomic E-state index is 0.463. The first-order valence-electron chi connectivity index (χ1n) is 5.48. The third kappa shape index (κ3) is 3.54. The maximum Gasteiger partial charge on any atom is 0.138 e. The lowest BCUT2D eigenvalue weighted by atomic mass is 10.2. The summed E-state index contributed by atoms with van der Waals surface area (Å²) in [6.07, 6.45) is 1.77. The molecule has 88 valence electrons. The van der Waals surface area contributed by atoms with Crippen molar-refractivity contribution in [1.29, 1.82) is 0 Å². The number of nitrogens with two attached hydrogens (primary N) is 1. The fourth-order valence-electron chi connectivity index (χ4n) is 1.48. The molecule has 2 rings (SSSR count). The minimum Gasteiger partial charge on any atom is -0.325 e. The predicted molar refractivity (Wildman–Crippen MR) is 70.7 cm³/mol. The van der Waals surface area contributed by atoms with Crippen LogP contribution < -0.4 is 5.73 Å². The maximum absolute atomic E-state index is 5.55. The fourth-order valence-corrected chi connectivity index (χ4v) is 2.36. The molecule has 0 aliphatic heterocycles. The van der Waals surface area contributed by atoms with Crippen molar-refractivity contribution in [2.75, 3.05) is 0 Å². The van der Waals surface area contributed by atoms with Crippen LogP contribution in [0.2, 0.25) is 0 Å². The molecule has 0 spiro atoms. The Morgan fingerprint density at radius 1 is 1.29 bits per heavy atom. The van der Waals surface area contributed by atoms with Crippen molar-refractivity contribution in [3.8, 4) is 0 Å². The van der Waals surface area contributed by atoms with Crippen LogP contribution in [0.5, 0.6) is 0 Å². The van der Waals surface area contributed by atoms with E-state index < -0.39 is 0 Å². The van der Waals surface area contributed by atoms with E-state index in [9.17, 15) is 0 Å². The molecule has 1 aromatic heterocycles. The van der Waals surface area contributed by atoms with Gasteiger partial charge in [0.1, 0.15) is 5.82 Å². The number of aromatic nitrogens is 2. The number of hydrogen-bond acceptors (Lipinski definition) is 4. The molecule has 0 radical (unpaired) electrons. The lowest BCUT2D eigenvalue weighted by Crippen LogP contribution is -2.02. The standard InChI is InChI=1S/C13H15N3S/c1-10-3-2-4-12(7-10)17-9-13-15-6-5-11(8-14)16-13/h2-7H,8-9,14H2,1H3. The third-order valence-electron chi connectivity index (χ3n) is 2.33. The molecular weight excluding hydrogens is 230 g/mol. The molecule has 4 heteroatoms. The fraction of sp³-hybridized carbons (Fsp3) is 0.231. The van der Waals surface area contributed by atoms with Crippen LogP contribution in [0, 0.1) is 6.92 Å². The minimum atomic E-state index is 0.463. The summed E-state index contributed by atoms with van der Waals surface area (Å²) in [6, 6.07) is 10.3. The first-order chi connectivity index (χ1) is 8.28. The first-order valence-corrected chi connectivity index (χ1v) is 6.47. The molecule has 0 saturated carbocycles. The number of thioether (sulfide) groups is 1. The Bertz CT molecular complexity index is 500. The Hall–Kier alpha value is -1.39. The predicted octanol–water partition coefficient (Wildman–Crippen LogP) is 2.54. The van der Waals surface area contributed by atoms with Crippen LogP contribution in [0.4, 0.5) is 0 Å². The summed E-state index contributed by atoms with van der Waals surface area (Å²) in [7, 11) is 0. The van der Waals surface area contributed by atoms with Gasteiger partial charge in [-0.2, -0.15) is 0 Å². The highest BCUT2D eigenvalue weighted by Gasteiger charge is 2.00. The second kappa shape index (κ2) is 5.80. The van der Waals surface area contributed by atoms with Crippen LogP contribution in [0.3, 0.4) is 0 Å². The quantitative estimate of drug-likeness (QED) is 0.841. The van der Waals surface area contributed by atoms with E-state index in [4.69, 9.17) is 5.73 Å². The lowest BCUT2D eigenvalue weighted by Gasteiger charge is -2.03. The molecule has 0 aliphatic carbocycles. The Labute approximate surface area is 105 Å². The van der Waals surface area contributed by atoms with Crippen molar-refractivity contribution in [2.24, 2.45) is 5.73 Å². The number of nitrogens with zero attached hydrogens (tertiary/aromatic N) is 2. The summed E-state index contributed by atoms with van der Waals surface area (Å²) in [5, 5.41) is 0. The number of aryl methyl sites for hydroxylation is 1. The highest BCUT2D eigenvalue weighted by Crippen LogP contribution is 2.21. The van der Waals surface area contributed by atoms with Gasteiger partial charge in [-0.15, -0.1) is 11.8 Å². The van der Waals surface area contributed by atoms with Crippen LogP contribution in [-0.2, 0) is 12.3 Å². The second-order valence-electron chi connectivity index (χ2n) is 3.77. The molecular formula is C13H15N3S. The van der Waals surface area contributed by atoms with Gasteiger partial charge >= 0.3 is 0 Å². The molecule has 0 atom stereocenters. The molecule has 1 aromatic carbocycles. The summed E-state index contributed by atoms with van der Waals surface area (Å²) in [5.41, 5.74) is 7.71. The van der Waals surface area contributed by atoms with Crippen molar-refractivity contribution in [2.45, 2.75) is 24.1 Å². The van der Waals surface area contributed by atoms with Gasteiger partial charge in [-0.1, -0.05) is 17.7 Å². The van der Waals surface area contributed by atoms with Crippen molar-refractivity contribution in [3.05, 3.63) is 53.6 Å². The van der Waals surface area contributed by atoms with E-state index in [2.05, 4.69) is 41.2 Å². The molecule has 3 nitrogen and oxygen atoms in total. The topological polar surface area (TPSA) is 51.8 Å². The van der Waals surface area contributed by atoms with Crippen LogP contribution in [-0.4, -0.2) is 9.97 Å². The maximum atomic E-state index is 5.55. The third-order valence-corrected chi connectivity index (χ3v) is 3.32. The zero-order valence-corrected chi connectivity index (χ0v) is 10.6. The molecule has 0 bridgehead atoms. The Balaban J connectivity index is 2.02. The summed E-state index contributed by atoms with van der Waals surface area (Å²) in [6.45, 7) is 2.56. The Kier molecular flexibility index (Phi) is 4.12. The van der Waals surface area contributed by atoms with E-state index >= 15 is 0 Å². The van der Waals surface area contributed by atoms with Crippen molar-refractivity contribution in [1.82, 2.24) is 9.97 Å². The molecule has 2 N–H and O–H groups in total. The molecule has 0 saturated heterocycles. The van der Waals surface area contributed by atoms with Crippen molar-refractivity contribution in [3.63, 3.8) is 0 Å². The lowest BCUT2D eigenvalue weighted by molar-refractivity contribution is 0.918. The SMILES string of the molecule is Cc1cccc(SCc2nccc(CN)n2)c1. The normalized spacial score (nSPS) is 10.5. The smallest absolute Gasteiger partial charge is 0.138 e. The molecule has 1 heterocycles. The highest BCUT2D eigenvalue weighted by molar-refractivity contribution is 7.98. The molecule has 0 fully saturated rings. The van der Waals surface area contributed by atoms with E-state index in [0.29, 0.717) is 6.54 Å². The number of benzene rings is 1. The molecule has 0 aliphatic rings. The zero-order chi connectivity index (χ0) is 12.1. The van der Waals surface area contributed by atoms with Gasteiger partial charge in [0.25, 0.3) is 0 Å². The van der Waals surface area contributed by atoms with E-state index in [1.54, 1.807) is 18.0 Å². The number of rotatable bonds is 4. The van der Waals surface area contributed by atoms with E-state index in [-0.39, 0.29) is 0 Å². The van der Waals surface area contributed by atoms with Crippen LogP contribution >= 0.6 is 11.8 Å². The average molecular weight is 245 g/mol. The van der Waals surface area contributed by atoms with Crippen LogP contribution in [0.1, 0.15) is 17.1 Å². The van der Waals surface area contributed by atoms with E-state index in [0.717, 1.165) is 17.3 Å². The molecule has 0 amide bonds. The Morgan fingerprint density at radius 3 is 2.94 bits per heavy atom. The monoisotopic (exact) mass is 245 g/mol. The molecule has 2 aromatic rings. The first kappa shape index (κ1) is 12.1. The van der Waals surface area contributed by atoms with Gasteiger partial charge in [0, 0.05) is 17.6 Å². The molecule has 17 heavy (non-hydrogen) atoms. The largest absolute Gasteiger partial charge is 0.325 e. The van der Waals surface area contributed by atoms with Gasteiger partial charge in [-0.05, 0) is 25.1 Å². The zero-order valence-electron chi connectivity index (χ0n) is 9.76. The molecule has 0 unspecified atom stereocenters. The van der Waals surface area contributed by atoms with Crippen molar-refractivity contribution < 1.29 is 0 Å². The summed E-state index contributed by atoms with van der Waals surface area (Å²) in [4.78, 5) is 9.85. The van der Waals surface area contributed by atoms with E-state index in [1.165, 1.54) is 10.5 Å². The average Bonchev–Trinajstić information content (AvgIpc) is 2.37. The Morgan fingerprint density at radius 2 is 2.18 bits per heavy atom. The van der Waals surface area contributed by atoms with Gasteiger partial charge in [0.2, 0.25) is 0 Å².